The van der Waals surface area contributed by atoms with Gasteiger partial charge in [-0.25, -0.2) is 4.68 Å². The van der Waals surface area contributed by atoms with Gasteiger partial charge < -0.3 is 19.4 Å². The van der Waals surface area contributed by atoms with Gasteiger partial charge in [-0.3, -0.25) is 9.59 Å². The summed E-state index contributed by atoms with van der Waals surface area (Å²) in [7, 11) is 4.79. The number of aryl methyl sites for hydroxylation is 1. The van der Waals surface area contributed by atoms with Crippen molar-refractivity contribution in [3.63, 3.8) is 0 Å². The van der Waals surface area contributed by atoms with Crippen LogP contribution in [0.5, 0.6) is 11.5 Å². The average Bonchev–Trinajstić information content (AvgIpc) is 3.10. The van der Waals surface area contributed by atoms with Crippen molar-refractivity contribution in [3.8, 4) is 11.5 Å². The van der Waals surface area contributed by atoms with Crippen LogP contribution in [0.3, 0.4) is 0 Å². The Morgan fingerprint density at radius 3 is 2.61 bits per heavy atom. The van der Waals surface area contributed by atoms with Gasteiger partial charge in [-0.1, -0.05) is 24.3 Å². The van der Waals surface area contributed by atoms with Gasteiger partial charge in [-0.15, -0.1) is 0 Å². The van der Waals surface area contributed by atoms with E-state index in [-0.39, 0.29) is 18.0 Å². The summed E-state index contributed by atoms with van der Waals surface area (Å²) >= 11 is 0. The van der Waals surface area contributed by atoms with Crippen LogP contribution < -0.4 is 20.3 Å². The zero-order valence-electron chi connectivity index (χ0n) is 17.7. The van der Waals surface area contributed by atoms with Gasteiger partial charge >= 0.3 is 0 Å². The number of nitrogens with zero attached hydrogens (tertiary/aromatic N) is 3. The number of methoxy groups -OCH3 is 2. The van der Waals surface area contributed by atoms with Gasteiger partial charge in [0.05, 0.1) is 20.4 Å². The molecule has 2 heterocycles. The summed E-state index contributed by atoms with van der Waals surface area (Å²) < 4.78 is 13.6. The van der Waals surface area contributed by atoms with E-state index in [0.717, 1.165) is 21.9 Å². The second-order valence-electron chi connectivity index (χ2n) is 7.23. The Hall–Kier alpha value is -3.81. The van der Waals surface area contributed by atoms with Gasteiger partial charge in [0.2, 0.25) is 5.91 Å². The van der Waals surface area contributed by atoms with Gasteiger partial charge in [0.1, 0.15) is 12.1 Å². The normalized spacial score (nSPS) is 11.1. The molecule has 0 spiro atoms. The number of nitrogens with one attached hydrogen (secondary N) is 1. The SMILES string of the molecule is COc1ccc(CCNC(=O)Cn2c3ccccc3c3cnn(C)c(=O)c32)cc1OC. The molecule has 0 aliphatic carbocycles. The molecule has 0 atom stereocenters. The van der Waals surface area contributed by atoms with Crippen molar-refractivity contribution in [2.24, 2.45) is 7.05 Å². The lowest BCUT2D eigenvalue weighted by Gasteiger charge is -2.11. The minimum absolute atomic E-state index is 0.0508. The quantitative estimate of drug-likeness (QED) is 0.496. The monoisotopic (exact) mass is 420 g/mol. The molecule has 1 N–H and O–H groups in total. The van der Waals surface area contributed by atoms with E-state index < -0.39 is 0 Å². The third kappa shape index (κ3) is 3.84. The molecule has 0 fully saturated rings. The lowest BCUT2D eigenvalue weighted by molar-refractivity contribution is -0.121. The molecule has 0 saturated carbocycles. The van der Waals surface area contributed by atoms with E-state index >= 15 is 0 Å². The topological polar surface area (TPSA) is 87.4 Å². The van der Waals surface area contributed by atoms with E-state index in [4.69, 9.17) is 9.47 Å². The highest BCUT2D eigenvalue weighted by molar-refractivity contribution is 6.07. The Morgan fingerprint density at radius 2 is 1.84 bits per heavy atom. The number of hydrogen-bond acceptors (Lipinski definition) is 5. The van der Waals surface area contributed by atoms with Gasteiger partial charge in [0.15, 0.2) is 11.5 Å². The molecule has 31 heavy (non-hydrogen) atoms. The molecule has 0 radical (unpaired) electrons. The summed E-state index contributed by atoms with van der Waals surface area (Å²) in [5, 5.41) is 8.72. The predicted octanol–water partition coefficient (Wildman–Crippen LogP) is 2.26. The molecular formula is C23H24N4O4. The van der Waals surface area contributed by atoms with E-state index in [1.54, 1.807) is 32.0 Å². The van der Waals surface area contributed by atoms with Crippen molar-refractivity contribution in [1.82, 2.24) is 19.7 Å². The maximum absolute atomic E-state index is 12.7. The summed E-state index contributed by atoms with van der Waals surface area (Å²) in [5.74, 6) is 1.15. The van der Waals surface area contributed by atoms with Crippen LogP contribution in [0, 0.1) is 0 Å². The standard InChI is InChI=1S/C23H24N4O4/c1-26-23(29)22-17(13-25-26)16-6-4-5-7-18(16)27(22)14-21(28)24-11-10-15-8-9-19(30-2)20(12-15)31-3/h4-9,12-13H,10-11,14H2,1-3H3,(H,24,28). The summed E-state index contributed by atoms with van der Waals surface area (Å²) in [6, 6.07) is 13.3. The summed E-state index contributed by atoms with van der Waals surface area (Å²) in [4.78, 5) is 25.4. The second kappa shape index (κ2) is 8.51. The average molecular weight is 420 g/mol. The third-order valence-corrected chi connectivity index (χ3v) is 5.35. The highest BCUT2D eigenvalue weighted by Gasteiger charge is 2.16. The van der Waals surface area contributed by atoms with Crippen molar-refractivity contribution in [2.75, 3.05) is 20.8 Å². The number of rotatable bonds is 7. The lowest BCUT2D eigenvalue weighted by Crippen LogP contribution is -2.30. The molecule has 4 aromatic rings. The molecule has 0 aliphatic heterocycles. The molecule has 4 rings (SSSR count). The summed E-state index contributed by atoms with van der Waals surface area (Å²) in [6.07, 6.45) is 2.31. The van der Waals surface area contributed by atoms with Crippen LogP contribution in [0.2, 0.25) is 0 Å². The third-order valence-electron chi connectivity index (χ3n) is 5.35. The molecule has 0 saturated heterocycles. The molecule has 8 nitrogen and oxygen atoms in total. The van der Waals surface area contributed by atoms with E-state index in [0.29, 0.717) is 30.0 Å². The van der Waals surface area contributed by atoms with Crippen molar-refractivity contribution in [2.45, 2.75) is 13.0 Å². The fraction of sp³-hybridized carbons (Fsp3) is 0.261. The van der Waals surface area contributed by atoms with Crippen molar-refractivity contribution < 1.29 is 14.3 Å². The zero-order chi connectivity index (χ0) is 22.0. The first-order valence-electron chi connectivity index (χ1n) is 9.94. The largest absolute Gasteiger partial charge is 0.493 e. The summed E-state index contributed by atoms with van der Waals surface area (Å²) in [6.45, 7) is 0.514. The molecule has 0 bridgehead atoms. The molecule has 2 aromatic carbocycles. The molecule has 8 heteroatoms. The van der Waals surface area contributed by atoms with E-state index in [1.807, 2.05) is 42.5 Å². The fourth-order valence-electron chi connectivity index (χ4n) is 3.79. The van der Waals surface area contributed by atoms with Crippen LogP contribution in [0.4, 0.5) is 0 Å². The Morgan fingerprint density at radius 1 is 1.06 bits per heavy atom. The van der Waals surface area contributed by atoms with Gasteiger partial charge in [-0.2, -0.15) is 5.10 Å². The maximum atomic E-state index is 12.7. The highest BCUT2D eigenvalue weighted by Crippen LogP contribution is 2.28. The van der Waals surface area contributed by atoms with Crippen LogP contribution in [0.1, 0.15) is 5.56 Å². The Labute approximate surface area is 179 Å². The van der Waals surface area contributed by atoms with Crippen molar-refractivity contribution in [3.05, 3.63) is 64.6 Å². The van der Waals surface area contributed by atoms with Crippen LogP contribution in [-0.4, -0.2) is 41.0 Å². The lowest BCUT2D eigenvalue weighted by atomic mass is 10.1. The number of hydrogen-bond donors (Lipinski definition) is 1. The Kier molecular flexibility index (Phi) is 5.62. The number of carbonyl (C=O) groups is 1. The highest BCUT2D eigenvalue weighted by atomic mass is 16.5. The van der Waals surface area contributed by atoms with Gasteiger partial charge in [0, 0.05) is 29.9 Å². The van der Waals surface area contributed by atoms with Gasteiger partial charge in [-0.05, 0) is 30.2 Å². The Balaban J connectivity index is 1.52. The van der Waals surface area contributed by atoms with E-state index in [1.165, 1.54) is 4.68 Å². The molecule has 0 unspecified atom stereocenters. The Bertz CT molecular complexity index is 1320. The van der Waals surface area contributed by atoms with Crippen LogP contribution in [0.15, 0.2) is 53.5 Å². The molecule has 160 valence electrons. The predicted molar refractivity (Wildman–Crippen MR) is 119 cm³/mol. The zero-order valence-corrected chi connectivity index (χ0v) is 17.7. The number of carbonyl (C=O) groups excluding carboxylic acids is 1. The molecule has 2 aromatic heterocycles. The van der Waals surface area contributed by atoms with Crippen molar-refractivity contribution >= 4 is 27.7 Å². The number of amides is 1. The first kappa shape index (κ1) is 20.5. The number of aromatic nitrogens is 3. The first-order chi connectivity index (χ1) is 15.0. The van der Waals surface area contributed by atoms with Crippen LogP contribution in [0.25, 0.3) is 21.8 Å². The second-order valence-corrected chi connectivity index (χ2v) is 7.23. The minimum atomic E-state index is -0.230. The van der Waals surface area contributed by atoms with E-state index in [9.17, 15) is 9.59 Å². The maximum Gasteiger partial charge on any atom is 0.291 e. The first-order valence-corrected chi connectivity index (χ1v) is 9.94. The summed E-state index contributed by atoms with van der Waals surface area (Å²) in [5.41, 5.74) is 2.10. The molecule has 0 aliphatic rings. The van der Waals surface area contributed by atoms with Crippen LogP contribution >= 0.6 is 0 Å². The van der Waals surface area contributed by atoms with Crippen LogP contribution in [-0.2, 0) is 24.8 Å². The number of para-hydroxylation sites is 1. The molecule has 1 amide bonds. The number of fused-ring (bicyclic) bond motifs is 3. The number of benzene rings is 2. The fourth-order valence-corrected chi connectivity index (χ4v) is 3.79. The number of ether oxygens (including phenoxy) is 2. The molecular weight excluding hydrogens is 396 g/mol. The van der Waals surface area contributed by atoms with Crippen molar-refractivity contribution in [1.29, 1.82) is 0 Å². The van der Waals surface area contributed by atoms with Gasteiger partial charge in [0.25, 0.3) is 5.56 Å². The van der Waals surface area contributed by atoms with E-state index in [2.05, 4.69) is 10.4 Å². The smallest absolute Gasteiger partial charge is 0.291 e. The minimum Gasteiger partial charge on any atom is -0.493 e.